The third-order valence-electron chi connectivity index (χ3n) is 3.71. The van der Waals surface area contributed by atoms with Crippen LogP contribution in [0.1, 0.15) is 44.2 Å². The maximum absolute atomic E-state index is 5.29. The molecule has 114 valence electrons. The van der Waals surface area contributed by atoms with E-state index < -0.39 is 0 Å². The third kappa shape index (κ3) is 3.93. The molecule has 0 atom stereocenters. The molecule has 1 aromatic heterocycles. The first-order valence-corrected chi connectivity index (χ1v) is 8.30. The summed E-state index contributed by atoms with van der Waals surface area (Å²) < 4.78 is 5.29. The van der Waals surface area contributed by atoms with Crippen LogP contribution in [-0.2, 0) is 17.9 Å². The van der Waals surface area contributed by atoms with Crippen molar-refractivity contribution in [1.82, 2.24) is 10.3 Å². The van der Waals surface area contributed by atoms with Gasteiger partial charge in [0.25, 0.3) is 0 Å². The standard InChI is InChI=1S/C15H27N3OS/c1-5-7-16-9-13-12(10-19-4)17-14(20-13)18-8-6-15(2,3)11-18/h16H,5-11H2,1-4H3. The van der Waals surface area contributed by atoms with E-state index in [1.165, 1.54) is 11.3 Å². The van der Waals surface area contributed by atoms with Crippen LogP contribution in [0.25, 0.3) is 0 Å². The molecule has 1 saturated heterocycles. The van der Waals surface area contributed by atoms with Crippen LogP contribution < -0.4 is 10.2 Å². The summed E-state index contributed by atoms with van der Waals surface area (Å²) in [7, 11) is 1.74. The number of rotatable bonds is 7. The molecular formula is C15H27N3OS. The normalized spacial score (nSPS) is 17.9. The summed E-state index contributed by atoms with van der Waals surface area (Å²) in [6.07, 6.45) is 2.40. The van der Waals surface area contributed by atoms with E-state index in [9.17, 15) is 0 Å². The van der Waals surface area contributed by atoms with Gasteiger partial charge in [-0.1, -0.05) is 20.8 Å². The highest BCUT2D eigenvalue weighted by Crippen LogP contribution is 2.35. The third-order valence-corrected chi connectivity index (χ3v) is 4.87. The molecular weight excluding hydrogens is 270 g/mol. The Morgan fingerprint density at radius 2 is 2.25 bits per heavy atom. The highest BCUT2D eigenvalue weighted by atomic mass is 32.1. The van der Waals surface area contributed by atoms with Crippen molar-refractivity contribution >= 4 is 16.5 Å². The van der Waals surface area contributed by atoms with E-state index in [1.54, 1.807) is 7.11 Å². The van der Waals surface area contributed by atoms with Crippen molar-refractivity contribution in [2.24, 2.45) is 5.41 Å². The molecule has 0 saturated carbocycles. The van der Waals surface area contributed by atoms with E-state index in [2.05, 4.69) is 31.0 Å². The number of hydrogen-bond acceptors (Lipinski definition) is 5. The van der Waals surface area contributed by atoms with E-state index >= 15 is 0 Å². The van der Waals surface area contributed by atoms with Gasteiger partial charge in [-0.2, -0.15) is 0 Å². The van der Waals surface area contributed by atoms with Crippen LogP contribution in [-0.4, -0.2) is 31.7 Å². The number of anilines is 1. The summed E-state index contributed by atoms with van der Waals surface area (Å²) >= 11 is 1.82. The quantitative estimate of drug-likeness (QED) is 0.785. The fraction of sp³-hybridized carbons (Fsp3) is 0.800. The second-order valence-corrected chi connectivity index (χ2v) is 7.37. The minimum Gasteiger partial charge on any atom is -0.378 e. The zero-order chi connectivity index (χ0) is 14.6. The van der Waals surface area contributed by atoms with Crippen LogP contribution in [0.2, 0.25) is 0 Å². The van der Waals surface area contributed by atoms with Gasteiger partial charge in [-0.15, -0.1) is 11.3 Å². The summed E-state index contributed by atoms with van der Waals surface area (Å²) in [6.45, 7) is 11.6. The number of methoxy groups -OCH3 is 1. The van der Waals surface area contributed by atoms with Gasteiger partial charge in [-0.05, 0) is 24.8 Å². The number of thiazole rings is 1. The zero-order valence-corrected chi connectivity index (χ0v) is 14.0. The van der Waals surface area contributed by atoms with Crippen molar-refractivity contribution in [2.45, 2.75) is 46.8 Å². The molecule has 0 amide bonds. The minimum atomic E-state index is 0.410. The number of aromatic nitrogens is 1. The summed E-state index contributed by atoms with van der Waals surface area (Å²) in [5, 5.41) is 4.63. The van der Waals surface area contributed by atoms with Crippen LogP contribution in [0, 0.1) is 5.41 Å². The Morgan fingerprint density at radius 3 is 2.85 bits per heavy atom. The number of hydrogen-bond donors (Lipinski definition) is 1. The molecule has 0 bridgehead atoms. The Kier molecular flexibility index (Phi) is 5.41. The minimum absolute atomic E-state index is 0.410. The van der Waals surface area contributed by atoms with Crippen molar-refractivity contribution in [3.63, 3.8) is 0 Å². The molecule has 0 radical (unpaired) electrons. The lowest BCUT2D eigenvalue weighted by atomic mass is 9.93. The molecule has 0 unspecified atom stereocenters. The Bertz CT molecular complexity index is 431. The predicted octanol–water partition coefficient (Wildman–Crippen LogP) is 3.03. The van der Waals surface area contributed by atoms with Gasteiger partial charge in [0.2, 0.25) is 0 Å². The van der Waals surface area contributed by atoms with Crippen molar-refractivity contribution in [1.29, 1.82) is 0 Å². The molecule has 20 heavy (non-hydrogen) atoms. The smallest absolute Gasteiger partial charge is 0.185 e. The van der Waals surface area contributed by atoms with Gasteiger partial charge in [0, 0.05) is 31.6 Å². The fourth-order valence-electron chi connectivity index (χ4n) is 2.55. The van der Waals surface area contributed by atoms with E-state index in [0.29, 0.717) is 12.0 Å². The molecule has 1 aliphatic heterocycles. The topological polar surface area (TPSA) is 37.4 Å². The van der Waals surface area contributed by atoms with Crippen molar-refractivity contribution in [2.75, 3.05) is 31.6 Å². The van der Waals surface area contributed by atoms with Crippen molar-refractivity contribution < 1.29 is 4.74 Å². The summed E-state index contributed by atoms with van der Waals surface area (Å²) in [6, 6.07) is 0. The maximum atomic E-state index is 5.29. The SMILES string of the molecule is CCCNCc1sc(N2CCC(C)(C)C2)nc1COC. The predicted molar refractivity (Wildman–Crippen MR) is 85.4 cm³/mol. The van der Waals surface area contributed by atoms with Crippen LogP contribution in [0.4, 0.5) is 5.13 Å². The van der Waals surface area contributed by atoms with Crippen LogP contribution >= 0.6 is 11.3 Å². The number of nitrogens with zero attached hydrogens (tertiary/aromatic N) is 2. The molecule has 0 aliphatic carbocycles. The molecule has 4 nitrogen and oxygen atoms in total. The monoisotopic (exact) mass is 297 g/mol. The van der Waals surface area contributed by atoms with Gasteiger partial charge >= 0.3 is 0 Å². The molecule has 1 aromatic rings. The maximum Gasteiger partial charge on any atom is 0.185 e. The molecule has 5 heteroatoms. The van der Waals surface area contributed by atoms with Gasteiger partial charge < -0.3 is 15.0 Å². The lowest BCUT2D eigenvalue weighted by molar-refractivity contribution is 0.181. The largest absolute Gasteiger partial charge is 0.378 e. The van der Waals surface area contributed by atoms with Gasteiger partial charge in [-0.25, -0.2) is 4.98 Å². The summed E-state index contributed by atoms with van der Waals surface area (Å²) in [5.74, 6) is 0. The van der Waals surface area contributed by atoms with Crippen LogP contribution in [0.15, 0.2) is 0 Å². The fourth-order valence-corrected chi connectivity index (χ4v) is 3.60. The molecule has 2 heterocycles. The zero-order valence-electron chi connectivity index (χ0n) is 13.2. The van der Waals surface area contributed by atoms with Crippen molar-refractivity contribution in [3.05, 3.63) is 10.6 Å². The van der Waals surface area contributed by atoms with Gasteiger partial charge in [0.1, 0.15) is 0 Å². The highest BCUT2D eigenvalue weighted by Gasteiger charge is 2.31. The molecule has 1 aliphatic rings. The number of nitrogens with one attached hydrogen (secondary N) is 1. The Morgan fingerprint density at radius 1 is 1.45 bits per heavy atom. The molecule has 1 fully saturated rings. The number of ether oxygens (including phenoxy) is 1. The second kappa shape index (κ2) is 6.87. The average Bonchev–Trinajstić information content (AvgIpc) is 2.94. The molecule has 0 aromatic carbocycles. The Hall–Kier alpha value is -0.650. The molecule has 1 N–H and O–H groups in total. The molecule has 2 rings (SSSR count). The first-order chi connectivity index (χ1) is 9.55. The van der Waals surface area contributed by atoms with Gasteiger partial charge in [-0.3, -0.25) is 0 Å². The average molecular weight is 297 g/mol. The highest BCUT2D eigenvalue weighted by molar-refractivity contribution is 7.15. The van der Waals surface area contributed by atoms with Crippen molar-refractivity contribution in [3.8, 4) is 0 Å². The van der Waals surface area contributed by atoms with Gasteiger partial charge in [0.05, 0.1) is 12.3 Å². The lowest BCUT2D eigenvalue weighted by Crippen LogP contribution is -2.22. The van der Waals surface area contributed by atoms with E-state index in [-0.39, 0.29) is 0 Å². The summed E-state index contributed by atoms with van der Waals surface area (Å²) in [5.41, 5.74) is 1.51. The van der Waals surface area contributed by atoms with E-state index in [1.807, 2.05) is 11.3 Å². The molecule has 0 spiro atoms. The second-order valence-electron chi connectivity index (χ2n) is 6.31. The van der Waals surface area contributed by atoms with Gasteiger partial charge in [0.15, 0.2) is 5.13 Å². The van der Waals surface area contributed by atoms with E-state index in [4.69, 9.17) is 9.72 Å². The Balaban J connectivity index is 2.08. The van der Waals surface area contributed by atoms with E-state index in [0.717, 1.165) is 43.4 Å². The first-order valence-electron chi connectivity index (χ1n) is 7.49. The Labute approximate surface area is 126 Å². The van der Waals surface area contributed by atoms with Crippen LogP contribution in [0.5, 0.6) is 0 Å². The summed E-state index contributed by atoms with van der Waals surface area (Å²) in [4.78, 5) is 8.55. The van der Waals surface area contributed by atoms with Crippen LogP contribution in [0.3, 0.4) is 0 Å². The first kappa shape index (κ1) is 15.7. The lowest BCUT2D eigenvalue weighted by Gasteiger charge is -2.18.